The number of carbonyl (C=O) groups excluding carboxylic acids is 1. The van der Waals surface area contributed by atoms with Crippen LogP contribution < -0.4 is 5.56 Å². The Balaban J connectivity index is 2.40. The Kier molecular flexibility index (Phi) is 5.00. The highest BCUT2D eigenvalue weighted by atomic mass is 19.1. The van der Waals surface area contributed by atoms with E-state index in [-0.39, 0.29) is 24.8 Å². The summed E-state index contributed by atoms with van der Waals surface area (Å²) in [5, 5.41) is 13.0. The molecule has 2 rings (SSSR count). The Hall–Kier alpha value is -2.54. The molecule has 1 N–H and O–H groups in total. The highest BCUT2D eigenvalue weighted by Crippen LogP contribution is 2.07. The lowest BCUT2D eigenvalue weighted by atomic mass is 10.3. The number of rotatable bonds is 5. The van der Waals surface area contributed by atoms with Crippen molar-refractivity contribution in [2.45, 2.75) is 6.92 Å². The van der Waals surface area contributed by atoms with Gasteiger partial charge in [0.1, 0.15) is 11.5 Å². The molecule has 0 fully saturated rings. The normalized spacial score (nSPS) is 10.5. The number of aliphatic hydroxyl groups excluding tert-OH is 1. The molecule has 0 spiro atoms. The van der Waals surface area contributed by atoms with Gasteiger partial charge in [0, 0.05) is 19.2 Å². The third-order valence-corrected chi connectivity index (χ3v) is 3.13. The lowest BCUT2D eigenvalue weighted by Crippen LogP contribution is -2.35. The minimum atomic E-state index is -0.427. The van der Waals surface area contributed by atoms with Gasteiger partial charge in [-0.25, -0.2) is 4.39 Å². The number of halogens is 1. The number of hydrogen-bond acceptors (Lipinski definition) is 4. The standard InChI is InChI=1S/C15H16FN3O3/c1-2-18(9-10-20)15(22)13-7-8-14(21)19(17-13)12-5-3-11(16)4-6-12/h3-8,20H,2,9-10H2,1H3. The molecule has 1 amide bonds. The molecular formula is C15H16FN3O3. The third kappa shape index (κ3) is 3.37. The number of aliphatic hydroxyl groups is 1. The molecule has 0 radical (unpaired) electrons. The van der Waals surface area contributed by atoms with Crippen molar-refractivity contribution in [3.63, 3.8) is 0 Å². The van der Waals surface area contributed by atoms with E-state index in [0.29, 0.717) is 12.2 Å². The quantitative estimate of drug-likeness (QED) is 0.887. The van der Waals surface area contributed by atoms with Crippen LogP contribution in [0, 0.1) is 5.82 Å². The lowest BCUT2D eigenvalue weighted by Gasteiger charge is -2.19. The van der Waals surface area contributed by atoms with Crippen LogP contribution in [0.1, 0.15) is 17.4 Å². The van der Waals surface area contributed by atoms with E-state index in [1.54, 1.807) is 6.92 Å². The van der Waals surface area contributed by atoms with E-state index < -0.39 is 11.4 Å². The second-order valence-electron chi connectivity index (χ2n) is 4.55. The van der Waals surface area contributed by atoms with E-state index in [9.17, 15) is 14.0 Å². The average molecular weight is 305 g/mol. The number of aromatic nitrogens is 2. The number of amides is 1. The van der Waals surface area contributed by atoms with Crippen molar-refractivity contribution in [3.8, 4) is 5.69 Å². The number of likely N-dealkylation sites (N-methyl/N-ethyl adjacent to an activating group) is 1. The molecule has 0 atom stereocenters. The minimum Gasteiger partial charge on any atom is -0.395 e. The van der Waals surface area contributed by atoms with Crippen LogP contribution in [0.2, 0.25) is 0 Å². The first-order valence-electron chi connectivity index (χ1n) is 6.83. The molecule has 1 heterocycles. The van der Waals surface area contributed by atoms with Gasteiger partial charge in [-0.15, -0.1) is 0 Å². The number of carbonyl (C=O) groups is 1. The maximum atomic E-state index is 13.0. The van der Waals surface area contributed by atoms with Crippen LogP contribution in [0.3, 0.4) is 0 Å². The van der Waals surface area contributed by atoms with Gasteiger partial charge in [-0.3, -0.25) is 9.59 Å². The fourth-order valence-corrected chi connectivity index (χ4v) is 1.98. The van der Waals surface area contributed by atoms with Crippen LogP contribution in [0.5, 0.6) is 0 Å². The zero-order chi connectivity index (χ0) is 16.1. The summed E-state index contributed by atoms with van der Waals surface area (Å²) in [6, 6.07) is 7.80. The van der Waals surface area contributed by atoms with Gasteiger partial charge >= 0.3 is 0 Å². The summed E-state index contributed by atoms with van der Waals surface area (Å²) in [4.78, 5) is 25.6. The second-order valence-corrected chi connectivity index (χ2v) is 4.55. The van der Waals surface area contributed by atoms with Gasteiger partial charge < -0.3 is 10.0 Å². The van der Waals surface area contributed by atoms with Gasteiger partial charge in [-0.1, -0.05) is 0 Å². The molecule has 6 nitrogen and oxygen atoms in total. The molecule has 116 valence electrons. The molecular weight excluding hydrogens is 289 g/mol. The van der Waals surface area contributed by atoms with Gasteiger partial charge in [0.05, 0.1) is 12.3 Å². The lowest BCUT2D eigenvalue weighted by molar-refractivity contribution is 0.0724. The predicted molar refractivity (Wildman–Crippen MR) is 78.5 cm³/mol. The minimum absolute atomic E-state index is 0.0826. The Morgan fingerprint density at radius 3 is 2.55 bits per heavy atom. The zero-order valence-corrected chi connectivity index (χ0v) is 12.1. The topological polar surface area (TPSA) is 75.4 Å². The van der Waals surface area contributed by atoms with Crippen LogP contribution in [0.4, 0.5) is 4.39 Å². The van der Waals surface area contributed by atoms with Crippen LogP contribution >= 0.6 is 0 Å². The van der Waals surface area contributed by atoms with Crippen molar-refractivity contribution < 1.29 is 14.3 Å². The maximum absolute atomic E-state index is 13.0. The van der Waals surface area contributed by atoms with Crippen molar-refractivity contribution in [2.75, 3.05) is 19.7 Å². The molecule has 0 aliphatic carbocycles. The van der Waals surface area contributed by atoms with Gasteiger partial charge in [0.15, 0.2) is 0 Å². The Bertz CT molecular complexity index is 713. The van der Waals surface area contributed by atoms with Crippen LogP contribution in [0.25, 0.3) is 5.69 Å². The molecule has 0 saturated heterocycles. The zero-order valence-electron chi connectivity index (χ0n) is 12.1. The summed E-state index contributed by atoms with van der Waals surface area (Å²) in [5.74, 6) is -0.809. The smallest absolute Gasteiger partial charge is 0.274 e. The fraction of sp³-hybridized carbons (Fsp3) is 0.267. The highest BCUT2D eigenvalue weighted by molar-refractivity contribution is 5.92. The van der Waals surface area contributed by atoms with E-state index in [2.05, 4.69) is 5.10 Å². The summed E-state index contributed by atoms with van der Waals surface area (Å²) in [6.45, 7) is 2.23. The number of nitrogens with zero attached hydrogens (tertiary/aromatic N) is 3. The molecule has 0 bridgehead atoms. The van der Waals surface area contributed by atoms with Crippen molar-refractivity contribution in [2.24, 2.45) is 0 Å². The van der Waals surface area contributed by atoms with Crippen molar-refractivity contribution in [3.05, 3.63) is 58.3 Å². The molecule has 0 aliphatic rings. The highest BCUT2D eigenvalue weighted by Gasteiger charge is 2.16. The van der Waals surface area contributed by atoms with Crippen LogP contribution in [-0.2, 0) is 0 Å². The van der Waals surface area contributed by atoms with E-state index in [1.165, 1.54) is 41.3 Å². The molecule has 1 aromatic carbocycles. The first-order valence-corrected chi connectivity index (χ1v) is 6.83. The summed E-state index contributed by atoms with van der Waals surface area (Å²) in [7, 11) is 0. The number of benzene rings is 1. The SMILES string of the molecule is CCN(CCO)C(=O)c1ccc(=O)n(-c2ccc(F)cc2)n1. The van der Waals surface area contributed by atoms with Gasteiger partial charge in [-0.2, -0.15) is 9.78 Å². The molecule has 22 heavy (non-hydrogen) atoms. The Morgan fingerprint density at radius 2 is 1.95 bits per heavy atom. The molecule has 0 unspecified atom stereocenters. The largest absolute Gasteiger partial charge is 0.395 e. The predicted octanol–water partition coefficient (Wildman–Crippen LogP) is 0.826. The van der Waals surface area contributed by atoms with Crippen LogP contribution in [0.15, 0.2) is 41.2 Å². The van der Waals surface area contributed by atoms with E-state index >= 15 is 0 Å². The summed E-state index contributed by atoms with van der Waals surface area (Å²) in [5.41, 5.74) is 0.0267. The molecule has 7 heteroatoms. The Morgan fingerprint density at radius 1 is 1.27 bits per heavy atom. The van der Waals surface area contributed by atoms with Gasteiger partial charge in [0.25, 0.3) is 11.5 Å². The molecule has 1 aromatic heterocycles. The van der Waals surface area contributed by atoms with Gasteiger partial charge in [0.2, 0.25) is 0 Å². The summed E-state index contributed by atoms with van der Waals surface area (Å²) >= 11 is 0. The average Bonchev–Trinajstić information content (AvgIpc) is 2.53. The maximum Gasteiger partial charge on any atom is 0.274 e. The van der Waals surface area contributed by atoms with Crippen molar-refractivity contribution in [1.29, 1.82) is 0 Å². The van der Waals surface area contributed by atoms with E-state index in [4.69, 9.17) is 5.11 Å². The van der Waals surface area contributed by atoms with Crippen LogP contribution in [-0.4, -0.2) is 45.4 Å². The first kappa shape index (κ1) is 15.8. The molecule has 0 saturated carbocycles. The molecule has 2 aromatic rings. The second kappa shape index (κ2) is 6.95. The monoisotopic (exact) mass is 305 g/mol. The molecule has 0 aliphatic heterocycles. The Labute approximate surface area is 126 Å². The van der Waals surface area contributed by atoms with Crippen molar-refractivity contribution in [1.82, 2.24) is 14.7 Å². The van der Waals surface area contributed by atoms with Gasteiger partial charge in [-0.05, 0) is 37.3 Å². The first-order chi connectivity index (χ1) is 10.6. The van der Waals surface area contributed by atoms with E-state index in [0.717, 1.165) is 4.68 Å². The third-order valence-electron chi connectivity index (χ3n) is 3.13. The fourth-order valence-electron chi connectivity index (χ4n) is 1.98. The summed E-state index contributed by atoms with van der Waals surface area (Å²) < 4.78 is 14.0. The number of hydrogen-bond donors (Lipinski definition) is 1. The summed E-state index contributed by atoms with van der Waals surface area (Å²) in [6.07, 6.45) is 0. The van der Waals surface area contributed by atoms with Crippen molar-refractivity contribution >= 4 is 5.91 Å². The van der Waals surface area contributed by atoms with E-state index in [1.807, 2.05) is 0 Å².